The number of rotatable bonds is 12. The van der Waals surface area contributed by atoms with Crippen molar-refractivity contribution in [2.24, 2.45) is 0 Å². The van der Waals surface area contributed by atoms with Crippen molar-refractivity contribution < 1.29 is 13.9 Å². The molecule has 0 aromatic heterocycles. The van der Waals surface area contributed by atoms with E-state index in [1.54, 1.807) is 0 Å². The molecule has 2 rings (SSSR count). The van der Waals surface area contributed by atoms with Crippen molar-refractivity contribution in [1.82, 2.24) is 0 Å². The minimum absolute atomic E-state index is 0.0771. The zero-order chi connectivity index (χ0) is 26.2. The van der Waals surface area contributed by atoms with Crippen LogP contribution in [0.1, 0.15) is 126 Å². The Balaban J connectivity index is 2.26. The quantitative estimate of drug-likeness (QED) is 0.233. The molecule has 2 aromatic rings. The lowest BCUT2D eigenvalue weighted by Gasteiger charge is -2.27. The van der Waals surface area contributed by atoms with Gasteiger partial charge in [0.15, 0.2) is 0 Å². The van der Waals surface area contributed by atoms with E-state index in [-0.39, 0.29) is 16.9 Å². The Morgan fingerprint density at radius 3 is 1.63 bits per heavy atom. The fourth-order valence-electron chi connectivity index (χ4n) is 4.30. The highest BCUT2D eigenvalue weighted by molar-refractivity contribution is 7.40. The van der Waals surface area contributed by atoms with Crippen molar-refractivity contribution in [2.75, 3.05) is 6.61 Å². The van der Waals surface area contributed by atoms with E-state index in [1.165, 1.54) is 47.9 Å². The molecule has 1 N–H and O–H groups in total. The maximum Gasteiger partial charge on any atom is 0.330 e. The zero-order valence-electron chi connectivity index (χ0n) is 23.7. The maximum absolute atomic E-state index is 10.8. The Morgan fingerprint density at radius 2 is 1.20 bits per heavy atom. The van der Waals surface area contributed by atoms with E-state index in [0.717, 1.165) is 24.0 Å². The molecule has 0 heterocycles. The minimum Gasteiger partial charge on any atom is -0.328 e. The molecule has 0 aliphatic heterocycles. The highest BCUT2D eigenvalue weighted by atomic mass is 31.2. The summed E-state index contributed by atoms with van der Waals surface area (Å²) in [5.41, 5.74) is 7.23. The Morgan fingerprint density at radius 1 is 0.743 bits per heavy atom. The van der Waals surface area contributed by atoms with Crippen LogP contribution in [-0.4, -0.2) is 11.5 Å². The summed E-state index contributed by atoms with van der Waals surface area (Å²) in [6.45, 7) is 20.4. The third-order valence-corrected chi connectivity index (χ3v) is 7.53. The molecule has 1 atom stereocenters. The second kappa shape index (κ2) is 13.3. The Bertz CT molecular complexity index is 860. The molecule has 0 fully saturated rings. The average molecular weight is 501 g/mol. The van der Waals surface area contributed by atoms with Crippen LogP contribution < -0.4 is 0 Å². The number of benzene rings is 2. The summed E-state index contributed by atoms with van der Waals surface area (Å²) >= 11 is 0. The molecule has 0 aliphatic carbocycles. The number of hydrogen-bond donors (Lipinski definition) is 1. The lowest BCUT2D eigenvalue weighted by Crippen LogP contribution is -2.15. The summed E-state index contributed by atoms with van der Waals surface area (Å²) < 4.78 is 12.0. The molecule has 2 aromatic carbocycles. The van der Waals surface area contributed by atoms with Gasteiger partial charge in [-0.3, -0.25) is 4.52 Å². The molecule has 35 heavy (non-hydrogen) atoms. The third-order valence-electron chi connectivity index (χ3n) is 6.73. The van der Waals surface area contributed by atoms with E-state index in [9.17, 15) is 4.89 Å². The second-order valence-electron chi connectivity index (χ2n) is 12.0. The molecule has 0 saturated carbocycles. The van der Waals surface area contributed by atoms with Gasteiger partial charge in [-0.2, -0.15) is 0 Å². The Labute approximate surface area is 216 Å². The predicted octanol–water partition coefficient (Wildman–Crippen LogP) is 9.60. The molecule has 0 aliphatic rings. The number of aryl methyl sites for hydroxylation is 2. The van der Waals surface area contributed by atoms with Gasteiger partial charge in [0.05, 0.1) is 6.61 Å². The van der Waals surface area contributed by atoms with Crippen LogP contribution in [0.25, 0.3) is 0 Å². The minimum atomic E-state index is -1.98. The van der Waals surface area contributed by atoms with E-state index >= 15 is 0 Å². The number of hydrogen-bond acceptors (Lipinski definition) is 3. The van der Waals surface area contributed by atoms with Gasteiger partial charge in [-0.05, 0) is 64.5 Å². The van der Waals surface area contributed by atoms with Gasteiger partial charge in [0, 0.05) is 0 Å². The number of unbranched alkanes of at least 4 members (excludes halogenated alkanes) is 5. The van der Waals surface area contributed by atoms with Crippen LogP contribution in [0, 0.1) is 13.8 Å². The van der Waals surface area contributed by atoms with E-state index in [0.29, 0.717) is 6.61 Å². The van der Waals surface area contributed by atoms with Gasteiger partial charge in [-0.15, -0.1) is 0 Å². The van der Waals surface area contributed by atoms with Crippen LogP contribution in [0.15, 0.2) is 36.4 Å². The van der Waals surface area contributed by atoms with Crippen molar-refractivity contribution >= 4 is 8.60 Å². The second-order valence-corrected chi connectivity index (χ2v) is 12.9. The van der Waals surface area contributed by atoms with Crippen LogP contribution in [0.2, 0.25) is 0 Å². The first-order valence-corrected chi connectivity index (χ1v) is 14.5. The molecule has 0 bridgehead atoms. The van der Waals surface area contributed by atoms with Gasteiger partial charge in [0.1, 0.15) is 6.10 Å². The molecule has 196 valence electrons. The first-order chi connectivity index (χ1) is 16.3. The van der Waals surface area contributed by atoms with Crippen molar-refractivity contribution in [3.8, 4) is 0 Å². The summed E-state index contributed by atoms with van der Waals surface area (Å²) in [4.78, 5) is 10.8. The highest BCUT2D eigenvalue weighted by Crippen LogP contribution is 2.45. The van der Waals surface area contributed by atoms with Gasteiger partial charge in [0.25, 0.3) is 0 Å². The molecule has 0 spiro atoms. The maximum atomic E-state index is 10.8. The Kier molecular flexibility index (Phi) is 11.4. The van der Waals surface area contributed by atoms with Crippen molar-refractivity contribution in [2.45, 2.75) is 118 Å². The molecular formula is C31H49O3P. The molecule has 0 radical (unpaired) electrons. The zero-order valence-corrected chi connectivity index (χ0v) is 24.6. The molecule has 0 amide bonds. The molecular weight excluding hydrogens is 451 g/mol. The van der Waals surface area contributed by atoms with Crippen molar-refractivity contribution in [3.05, 3.63) is 69.8 Å². The van der Waals surface area contributed by atoms with Gasteiger partial charge >= 0.3 is 8.60 Å². The summed E-state index contributed by atoms with van der Waals surface area (Å²) in [7, 11) is -1.98. The summed E-state index contributed by atoms with van der Waals surface area (Å²) in [5.74, 6) is 0. The Hall–Kier alpha value is -1.25. The van der Waals surface area contributed by atoms with Crippen LogP contribution in [0.4, 0.5) is 0 Å². The fraction of sp³-hybridized carbons (Fsp3) is 0.613. The molecule has 3 nitrogen and oxygen atoms in total. The average Bonchev–Trinajstić information content (AvgIpc) is 2.76. The van der Waals surface area contributed by atoms with Gasteiger partial charge in [0.2, 0.25) is 0 Å². The van der Waals surface area contributed by atoms with Crippen LogP contribution in [0.5, 0.6) is 0 Å². The highest BCUT2D eigenvalue weighted by Gasteiger charge is 2.26. The third kappa shape index (κ3) is 9.29. The fourth-order valence-corrected chi connectivity index (χ4v) is 5.05. The molecule has 0 saturated heterocycles. The smallest absolute Gasteiger partial charge is 0.328 e. The van der Waals surface area contributed by atoms with E-state index in [1.807, 2.05) is 0 Å². The normalized spacial score (nSPS) is 13.5. The van der Waals surface area contributed by atoms with E-state index in [4.69, 9.17) is 9.05 Å². The molecule has 4 heteroatoms. The SMILES string of the molecule is CCCCCCCCOP(O)OC(c1ccc(C(C)(C)C)cc1C)c1ccc(C(C)(C)C)cc1C. The van der Waals surface area contributed by atoms with E-state index in [2.05, 4.69) is 98.7 Å². The summed E-state index contributed by atoms with van der Waals surface area (Å²) in [6.07, 6.45) is 6.75. The standard InChI is InChI=1S/C31H49O3P/c1-10-11-12-13-14-15-20-33-35(32)34-29(27-18-16-25(21-23(27)2)30(4,5)6)28-19-17-26(22-24(28)3)31(7,8)9/h16-19,21-22,29,32H,10-15,20H2,1-9H3. The first-order valence-electron chi connectivity index (χ1n) is 13.4. The lowest BCUT2D eigenvalue weighted by molar-refractivity contribution is 0.163. The summed E-state index contributed by atoms with van der Waals surface area (Å²) in [6, 6.07) is 13.2. The van der Waals surface area contributed by atoms with Crippen LogP contribution in [0.3, 0.4) is 0 Å². The lowest BCUT2D eigenvalue weighted by atomic mass is 9.82. The first kappa shape index (κ1) is 30.0. The topological polar surface area (TPSA) is 38.7 Å². The largest absolute Gasteiger partial charge is 0.330 e. The van der Waals surface area contributed by atoms with Crippen molar-refractivity contribution in [3.63, 3.8) is 0 Å². The van der Waals surface area contributed by atoms with Crippen molar-refractivity contribution in [1.29, 1.82) is 0 Å². The monoisotopic (exact) mass is 500 g/mol. The van der Waals surface area contributed by atoms with Crippen LogP contribution in [-0.2, 0) is 19.9 Å². The van der Waals surface area contributed by atoms with Gasteiger partial charge in [-0.25, -0.2) is 0 Å². The van der Waals surface area contributed by atoms with Gasteiger partial charge in [-0.1, -0.05) is 117 Å². The van der Waals surface area contributed by atoms with Crippen LogP contribution >= 0.6 is 8.60 Å². The molecule has 1 unspecified atom stereocenters. The van der Waals surface area contributed by atoms with E-state index < -0.39 is 8.60 Å². The van der Waals surface area contributed by atoms with Gasteiger partial charge < -0.3 is 9.42 Å². The predicted molar refractivity (Wildman–Crippen MR) is 151 cm³/mol. The summed E-state index contributed by atoms with van der Waals surface area (Å²) in [5, 5.41) is 0.